The van der Waals surface area contributed by atoms with Crippen LogP contribution in [0.25, 0.3) is 0 Å². The van der Waals surface area contributed by atoms with E-state index in [4.69, 9.17) is 10.2 Å². The predicted molar refractivity (Wildman–Crippen MR) is 60.2 cm³/mol. The fraction of sp³-hybridized carbons (Fsp3) is 0.625. The molecule has 2 unspecified atom stereocenters. The molecule has 0 aliphatic heterocycles. The topological polar surface area (TPSA) is 94.8 Å². The van der Waals surface area contributed by atoms with Crippen molar-refractivity contribution in [3.63, 3.8) is 0 Å². The molecular formula is C8H12O5S2. The quantitative estimate of drug-likeness (QED) is 0.391. The number of thiocarbonyl (C=S) groups is 1. The Labute approximate surface area is 97.5 Å². The Hall–Kier alpha value is -0.660. The van der Waals surface area contributed by atoms with E-state index in [1.54, 1.807) is 0 Å². The van der Waals surface area contributed by atoms with E-state index in [0.29, 0.717) is 0 Å². The molecule has 2 atom stereocenters. The third kappa shape index (κ3) is 6.43. The molecule has 3 N–H and O–H groups in total. The molecule has 86 valence electrons. The summed E-state index contributed by atoms with van der Waals surface area (Å²) < 4.78 is 0.0782. The van der Waals surface area contributed by atoms with Gasteiger partial charge in [-0.3, -0.25) is 9.59 Å². The molecule has 0 amide bonds. The lowest BCUT2D eigenvalue weighted by Crippen LogP contribution is -2.21. The van der Waals surface area contributed by atoms with Gasteiger partial charge in [-0.15, -0.1) is 12.6 Å². The van der Waals surface area contributed by atoms with Crippen LogP contribution in [0.3, 0.4) is 0 Å². The average Bonchev–Trinajstić information content (AvgIpc) is 2.10. The van der Waals surface area contributed by atoms with E-state index in [9.17, 15) is 14.7 Å². The molecule has 0 aromatic rings. The van der Waals surface area contributed by atoms with E-state index in [1.165, 1.54) is 0 Å². The van der Waals surface area contributed by atoms with Crippen LogP contribution in [0.1, 0.15) is 19.3 Å². The molecular weight excluding hydrogens is 240 g/mol. The molecule has 0 aliphatic carbocycles. The molecule has 0 spiro atoms. The fourth-order valence-corrected chi connectivity index (χ4v) is 1.25. The smallest absolute Gasteiger partial charge is 0.307 e. The zero-order valence-corrected chi connectivity index (χ0v) is 9.50. The first kappa shape index (κ1) is 14.3. The third-order valence-electron chi connectivity index (χ3n) is 1.84. The molecule has 0 aromatic heterocycles. The van der Waals surface area contributed by atoms with Crippen molar-refractivity contribution in [2.24, 2.45) is 5.92 Å². The summed E-state index contributed by atoms with van der Waals surface area (Å²) in [5.74, 6) is -3.36. The number of hydrogen-bond acceptors (Lipinski definition) is 4. The van der Waals surface area contributed by atoms with Gasteiger partial charge in [-0.2, -0.15) is 0 Å². The highest BCUT2D eigenvalue weighted by Crippen LogP contribution is 2.14. The number of hydrogen-bond donors (Lipinski definition) is 4. The minimum Gasteiger partial charge on any atom is -0.481 e. The van der Waals surface area contributed by atoms with Crippen molar-refractivity contribution in [1.82, 2.24) is 0 Å². The minimum atomic E-state index is -1.19. The second-order valence-electron chi connectivity index (χ2n) is 3.06. The zero-order valence-electron chi connectivity index (χ0n) is 7.79. The Morgan fingerprint density at radius 3 is 2.13 bits per heavy atom. The Bertz CT molecular complexity index is 266. The molecule has 0 saturated heterocycles. The SMILES string of the molecule is O=C(O)CC(CCC(O)C(=S)S)C(=O)O. The van der Waals surface area contributed by atoms with Gasteiger partial charge >= 0.3 is 11.9 Å². The van der Waals surface area contributed by atoms with Crippen LogP contribution in [0.15, 0.2) is 0 Å². The second kappa shape index (κ2) is 6.76. The van der Waals surface area contributed by atoms with E-state index < -0.39 is 30.4 Å². The van der Waals surface area contributed by atoms with Gasteiger partial charge < -0.3 is 15.3 Å². The summed E-state index contributed by atoms with van der Waals surface area (Å²) in [5, 5.41) is 26.4. The van der Waals surface area contributed by atoms with Gasteiger partial charge in [0.15, 0.2) is 0 Å². The maximum absolute atomic E-state index is 10.6. The van der Waals surface area contributed by atoms with Crippen LogP contribution in [0.2, 0.25) is 0 Å². The van der Waals surface area contributed by atoms with Gasteiger partial charge in [-0.25, -0.2) is 0 Å². The third-order valence-corrected chi connectivity index (χ3v) is 2.41. The summed E-state index contributed by atoms with van der Waals surface area (Å²) in [7, 11) is 0. The predicted octanol–water partition coefficient (Wildman–Crippen LogP) is 0.560. The fourth-order valence-electron chi connectivity index (χ4n) is 1.01. The van der Waals surface area contributed by atoms with Gasteiger partial charge in [-0.1, -0.05) is 12.2 Å². The summed E-state index contributed by atoms with van der Waals surface area (Å²) in [4.78, 5) is 20.9. The van der Waals surface area contributed by atoms with Crippen LogP contribution >= 0.6 is 24.8 Å². The standard InChI is InChI=1S/C8H12O5S2/c9-5(8(14)15)2-1-4(7(12)13)3-6(10)11/h4-5,9H,1-3H2,(H,10,11)(H,12,13)(H,14,15). The van der Waals surface area contributed by atoms with Gasteiger partial charge in [0.1, 0.15) is 0 Å². The van der Waals surface area contributed by atoms with Gasteiger partial charge in [0.2, 0.25) is 0 Å². The lowest BCUT2D eigenvalue weighted by molar-refractivity contribution is -0.148. The summed E-state index contributed by atoms with van der Waals surface area (Å²) >= 11 is 8.31. The average molecular weight is 252 g/mol. The first-order valence-electron chi connectivity index (χ1n) is 4.20. The number of aliphatic hydroxyl groups is 1. The van der Waals surface area contributed by atoms with E-state index >= 15 is 0 Å². The molecule has 0 aromatic carbocycles. The number of carbonyl (C=O) groups is 2. The number of thiol groups is 1. The van der Waals surface area contributed by atoms with Crippen molar-refractivity contribution < 1.29 is 24.9 Å². The molecule has 15 heavy (non-hydrogen) atoms. The molecule has 7 heteroatoms. The summed E-state index contributed by atoms with van der Waals surface area (Å²) in [6, 6.07) is 0. The highest BCUT2D eigenvalue weighted by molar-refractivity contribution is 8.11. The molecule has 0 aliphatic rings. The number of carboxylic acid groups (broad SMARTS) is 2. The monoisotopic (exact) mass is 252 g/mol. The Kier molecular flexibility index (Phi) is 6.46. The van der Waals surface area contributed by atoms with Crippen molar-refractivity contribution in [3.8, 4) is 0 Å². The van der Waals surface area contributed by atoms with Gasteiger partial charge in [-0.05, 0) is 12.8 Å². The first-order valence-corrected chi connectivity index (χ1v) is 5.05. The molecule has 0 saturated carbocycles. The van der Waals surface area contributed by atoms with Gasteiger partial charge in [0.05, 0.1) is 22.6 Å². The lowest BCUT2D eigenvalue weighted by Gasteiger charge is -2.12. The van der Waals surface area contributed by atoms with Crippen LogP contribution < -0.4 is 0 Å². The summed E-state index contributed by atoms with van der Waals surface area (Å²) in [6.07, 6.45) is -1.27. The maximum atomic E-state index is 10.6. The number of rotatable bonds is 7. The molecule has 0 bridgehead atoms. The van der Waals surface area contributed by atoms with Gasteiger partial charge in [0, 0.05) is 0 Å². The number of aliphatic hydroxyl groups excluding tert-OH is 1. The lowest BCUT2D eigenvalue weighted by atomic mass is 9.98. The van der Waals surface area contributed by atoms with E-state index in [-0.39, 0.29) is 17.0 Å². The summed E-state index contributed by atoms with van der Waals surface area (Å²) in [5.41, 5.74) is 0. The first-order chi connectivity index (χ1) is 6.84. The van der Waals surface area contributed by atoms with Crippen molar-refractivity contribution in [3.05, 3.63) is 0 Å². The highest BCUT2D eigenvalue weighted by atomic mass is 32.1. The number of carboxylic acids is 2. The molecule has 0 heterocycles. The maximum Gasteiger partial charge on any atom is 0.307 e. The Balaban J connectivity index is 4.13. The second-order valence-corrected chi connectivity index (χ2v) is 4.29. The van der Waals surface area contributed by atoms with E-state index in [0.717, 1.165) is 0 Å². The van der Waals surface area contributed by atoms with Crippen molar-refractivity contribution in [2.75, 3.05) is 0 Å². The van der Waals surface area contributed by atoms with Crippen molar-refractivity contribution in [2.45, 2.75) is 25.4 Å². The molecule has 5 nitrogen and oxygen atoms in total. The summed E-state index contributed by atoms with van der Waals surface area (Å²) in [6.45, 7) is 0. The van der Waals surface area contributed by atoms with Crippen LogP contribution in [0.5, 0.6) is 0 Å². The van der Waals surface area contributed by atoms with Crippen LogP contribution in [0, 0.1) is 5.92 Å². The van der Waals surface area contributed by atoms with Crippen molar-refractivity contribution in [1.29, 1.82) is 0 Å². The van der Waals surface area contributed by atoms with E-state index in [1.807, 2.05) is 0 Å². The minimum absolute atomic E-state index is 0.0590. The van der Waals surface area contributed by atoms with Crippen LogP contribution in [0.4, 0.5) is 0 Å². The molecule has 0 rings (SSSR count). The van der Waals surface area contributed by atoms with Gasteiger partial charge in [0.25, 0.3) is 0 Å². The number of aliphatic carboxylic acids is 2. The van der Waals surface area contributed by atoms with E-state index in [2.05, 4.69) is 24.8 Å². The normalized spacial score (nSPS) is 14.3. The Morgan fingerprint density at radius 2 is 1.80 bits per heavy atom. The van der Waals surface area contributed by atoms with Crippen LogP contribution in [-0.2, 0) is 9.59 Å². The van der Waals surface area contributed by atoms with Crippen LogP contribution in [-0.4, -0.2) is 37.6 Å². The Morgan fingerprint density at radius 1 is 1.27 bits per heavy atom. The van der Waals surface area contributed by atoms with Crippen molar-refractivity contribution >= 4 is 41.0 Å². The molecule has 0 radical (unpaired) electrons. The highest BCUT2D eigenvalue weighted by Gasteiger charge is 2.22. The largest absolute Gasteiger partial charge is 0.481 e. The zero-order chi connectivity index (χ0) is 12.0. The molecule has 0 fully saturated rings.